The number of hydrogen-bond acceptors (Lipinski definition) is 6. The third-order valence-electron chi connectivity index (χ3n) is 4.42. The van der Waals surface area contributed by atoms with Crippen molar-refractivity contribution in [3.63, 3.8) is 0 Å². The van der Waals surface area contributed by atoms with Gasteiger partial charge in [0.05, 0.1) is 12.4 Å². The lowest BCUT2D eigenvalue weighted by Gasteiger charge is -2.33. The van der Waals surface area contributed by atoms with Crippen LogP contribution in [0.15, 0.2) is 0 Å². The fourth-order valence-electron chi connectivity index (χ4n) is 3.22. The quantitative estimate of drug-likeness (QED) is 0.654. The maximum atomic E-state index is 12.2. The Kier molecular flexibility index (Phi) is 6.62. The number of methoxy groups -OCH3 is 1. The van der Waals surface area contributed by atoms with E-state index >= 15 is 0 Å². The molecule has 7 heteroatoms. The van der Waals surface area contributed by atoms with Crippen LogP contribution < -0.4 is 5.32 Å². The topological polar surface area (TPSA) is 75.7 Å². The van der Waals surface area contributed by atoms with Crippen LogP contribution in [0.1, 0.15) is 33.1 Å². The van der Waals surface area contributed by atoms with Crippen LogP contribution in [0, 0.1) is 0 Å². The first-order valence-corrected chi connectivity index (χ1v) is 9.52. The monoisotopic (exact) mass is 320 g/mol. The number of esters is 1. The van der Waals surface area contributed by atoms with E-state index in [0.717, 1.165) is 19.6 Å². The molecule has 0 saturated heterocycles. The number of rotatable bonds is 8. The molecule has 1 saturated carbocycles. The smallest absolute Gasteiger partial charge is 0.327 e. The van der Waals surface area contributed by atoms with E-state index in [1.165, 1.54) is 13.4 Å². The fraction of sp³-hybridized carbons (Fsp3) is 0.929. The van der Waals surface area contributed by atoms with Crippen LogP contribution in [0.4, 0.5) is 0 Å². The lowest BCUT2D eigenvalue weighted by atomic mass is 9.97. The van der Waals surface area contributed by atoms with Gasteiger partial charge in [0.25, 0.3) is 0 Å². The molecule has 0 amide bonds. The lowest BCUT2D eigenvalue weighted by molar-refractivity contribution is -0.148. The molecule has 21 heavy (non-hydrogen) atoms. The van der Waals surface area contributed by atoms with Crippen molar-refractivity contribution in [2.75, 3.05) is 39.5 Å². The van der Waals surface area contributed by atoms with Crippen LogP contribution in [0.5, 0.6) is 0 Å². The molecule has 0 aromatic heterocycles. The highest BCUT2D eigenvalue weighted by Crippen LogP contribution is 2.35. The predicted molar refractivity (Wildman–Crippen MR) is 83.0 cm³/mol. The number of ether oxygens (including phenoxy) is 1. The standard InChI is InChI=1S/C14H28N2O4S/c1-5-16(6-2)11-10-15-14(13(17)20-3)9-7-8-12(14)21(4,18)19/h12,15H,5-11H2,1-4H3. The summed E-state index contributed by atoms with van der Waals surface area (Å²) in [4.78, 5) is 14.5. The van der Waals surface area contributed by atoms with Crippen LogP contribution in [0.3, 0.4) is 0 Å². The predicted octanol–water partition coefficient (Wildman–Crippen LogP) is 0.427. The number of carbonyl (C=O) groups excluding carboxylic acids is 1. The van der Waals surface area contributed by atoms with Crippen LogP contribution in [-0.4, -0.2) is 69.6 Å². The summed E-state index contributed by atoms with van der Waals surface area (Å²) in [6.45, 7) is 7.37. The van der Waals surface area contributed by atoms with Gasteiger partial charge in [-0.1, -0.05) is 13.8 Å². The number of hydrogen-bond donors (Lipinski definition) is 1. The van der Waals surface area contributed by atoms with Gasteiger partial charge in [0.15, 0.2) is 9.84 Å². The Morgan fingerprint density at radius 2 is 2.00 bits per heavy atom. The van der Waals surface area contributed by atoms with Crippen molar-refractivity contribution in [3.8, 4) is 0 Å². The Morgan fingerprint density at radius 1 is 1.38 bits per heavy atom. The summed E-state index contributed by atoms with van der Waals surface area (Å²) >= 11 is 0. The van der Waals surface area contributed by atoms with Gasteiger partial charge < -0.3 is 9.64 Å². The molecule has 1 rings (SSSR count). The zero-order chi connectivity index (χ0) is 16.1. The van der Waals surface area contributed by atoms with Gasteiger partial charge in [0.2, 0.25) is 0 Å². The number of sulfone groups is 1. The molecule has 0 aliphatic heterocycles. The number of nitrogens with zero attached hydrogens (tertiary/aromatic N) is 1. The molecule has 1 aliphatic rings. The van der Waals surface area contributed by atoms with Gasteiger partial charge >= 0.3 is 5.97 Å². The second kappa shape index (κ2) is 7.56. The van der Waals surface area contributed by atoms with Crippen molar-refractivity contribution in [3.05, 3.63) is 0 Å². The molecule has 0 spiro atoms. The normalized spacial score (nSPS) is 26.2. The van der Waals surface area contributed by atoms with Crippen LogP contribution in [-0.2, 0) is 19.4 Å². The van der Waals surface area contributed by atoms with E-state index in [0.29, 0.717) is 25.8 Å². The number of nitrogens with one attached hydrogen (secondary N) is 1. The summed E-state index contributed by atoms with van der Waals surface area (Å²) < 4.78 is 28.9. The first-order valence-electron chi connectivity index (χ1n) is 7.56. The van der Waals surface area contributed by atoms with E-state index in [4.69, 9.17) is 4.74 Å². The summed E-state index contributed by atoms with van der Waals surface area (Å²) in [7, 11) is -1.99. The third-order valence-corrected chi connectivity index (χ3v) is 6.09. The largest absolute Gasteiger partial charge is 0.468 e. The van der Waals surface area contributed by atoms with Crippen molar-refractivity contribution >= 4 is 15.8 Å². The second-order valence-corrected chi connectivity index (χ2v) is 7.86. The van der Waals surface area contributed by atoms with E-state index < -0.39 is 26.6 Å². The van der Waals surface area contributed by atoms with E-state index in [1.807, 2.05) is 0 Å². The maximum Gasteiger partial charge on any atom is 0.327 e. The number of likely N-dealkylation sites (N-methyl/N-ethyl adjacent to an activating group) is 1. The molecule has 0 bridgehead atoms. The van der Waals surface area contributed by atoms with E-state index in [1.54, 1.807) is 0 Å². The van der Waals surface area contributed by atoms with Gasteiger partial charge in [-0.05, 0) is 32.4 Å². The fourth-order valence-corrected chi connectivity index (χ4v) is 4.84. The van der Waals surface area contributed by atoms with Crippen LogP contribution >= 0.6 is 0 Å². The van der Waals surface area contributed by atoms with Gasteiger partial charge in [-0.3, -0.25) is 10.1 Å². The Labute approximate surface area is 128 Å². The first kappa shape index (κ1) is 18.4. The molecule has 0 aromatic rings. The van der Waals surface area contributed by atoms with Gasteiger partial charge in [0.1, 0.15) is 5.54 Å². The van der Waals surface area contributed by atoms with Crippen molar-refractivity contribution in [1.29, 1.82) is 0 Å². The van der Waals surface area contributed by atoms with Gasteiger partial charge in [-0.2, -0.15) is 0 Å². The summed E-state index contributed by atoms with van der Waals surface area (Å²) in [5.74, 6) is -0.463. The highest BCUT2D eigenvalue weighted by Gasteiger charge is 2.54. The molecular formula is C14H28N2O4S. The van der Waals surface area contributed by atoms with Crippen molar-refractivity contribution in [2.24, 2.45) is 0 Å². The zero-order valence-corrected chi connectivity index (χ0v) is 14.3. The van der Waals surface area contributed by atoms with Gasteiger partial charge in [0, 0.05) is 19.3 Å². The summed E-state index contributed by atoms with van der Waals surface area (Å²) in [5.41, 5.74) is -1.09. The Bertz CT molecular complexity index is 448. The molecule has 1 aliphatic carbocycles. The second-order valence-electron chi connectivity index (χ2n) is 5.63. The van der Waals surface area contributed by atoms with Crippen molar-refractivity contribution < 1.29 is 17.9 Å². The minimum atomic E-state index is -3.30. The molecule has 1 fully saturated rings. The van der Waals surface area contributed by atoms with E-state index in [2.05, 4.69) is 24.1 Å². The average molecular weight is 320 g/mol. The molecule has 0 radical (unpaired) electrons. The lowest BCUT2D eigenvalue weighted by Crippen LogP contribution is -2.61. The molecule has 0 heterocycles. The first-order chi connectivity index (χ1) is 9.81. The average Bonchev–Trinajstić information content (AvgIpc) is 2.88. The molecule has 124 valence electrons. The summed E-state index contributed by atoms with van der Waals surface area (Å²) in [5, 5.41) is 2.51. The molecule has 2 atom stereocenters. The molecule has 6 nitrogen and oxygen atoms in total. The maximum absolute atomic E-state index is 12.2. The molecular weight excluding hydrogens is 292 g/mol. The van der Waals surface area contributed by atoms with Crippen LogP contribution in [0.2, 0.25) is 0 Å². The highest BCUT2D eigenvalue weighted by molar-refractivity contribution is 7.91. The van der Waals surface area contributed by atoms with Crippen LogP contribution in [0.25, 0.3) is 0 Å². The minimum absolute atomic E-state index is 0.463. The molecule has 0 aromatic carbocycles. The van der Waals surface area contributed by atoms with E-state index in [-0.39, 0.29) is 0 Å². The minimum Gasteiger partial charge on any atom is -0.468 e. The van der Waals surface area contributed by atoms with E-state index in [9.17, 15) is 13.2 Å². The Morgan fingerprint density at radius 3 is 2.48 bits per heavy atom. The van der Waals surface area contributed by atoms with Crippen molar-refractivity contribution in [1.82, 2.24) is 10.2 Å². The molecule has 2 unspecified atom stereocenters. The zero-order valence-electron chi connectivity index (χ0n) is 13.5. The third kappa shape index (κ3) is 4.17. The SMILES string of the molecule is CCN(CC)CCNC1(C(=O)OC)CCCC1S(C)(=O)=O. The van der Waals surface area contributed by atoms with Crippen molar-refractivity contribution in [2.45, 2.75) is 43.9 Å². The molecule has 1 N–H and O–H groups in total. The highest BCUT2D eigenvalue weighted by atomic mass is 32.2. The Hall–Kier alpha value is -0.660. The van der Waals surface area contributed by atoms with Gasteiger partial charge in [-0.15, -0.1) is 0 Å². The Balaban J connectivity index is 2.88. The van der Waals surface area contributed by atoms with Gasteiger partial charge in [-0.25, -0.2) is 8.42 Å². The summed E-state index contributed by atoms with van der Waals surface area (Å²) in [6, 6.07) is 0. The number of carbonyl (C=O) groups is 1. The summed E-state index contributed by atoms with van der Waals surface area (Å²) in [6.07, 6.45) is 2.93.